The summed E-state index contributed by atoms with van der Waals surface area (Å²) in [5.41, 5.74) is 0.812. The fourth-order valence-corrected chi connectivity index (χ4v) is 2.62. The lowest BCUT2D eigenvalue weighted by molar-refractivity contribution is -0.142. The zero-order valence-corrected chi connectivity index (χ0v) is 13.3. The van der Waals surface area contributed by atoms with E-state index in [2.05, 4.69) is 4.90 Å². The minimum absolute atomic E-state index is 0.287. The van der Waals surface area contributed by atoms with Crippen LogP contribution in [0, 0.1) is 5.92 Å². The average Bonchev–Trinajstić information content (AvgIpc) is 2.45. The Hall–Kier alpha value is -2.04. The van der Waals surface area contributed by atoms with Crippen LogP contribution in [0.25, 0.3) is 0 Å². The second kappa shape index (κ2) is 6.38. The molecule has 1 aromatic rings. The van der Waals surface area contributed by atoms with E-state index in [1.54, 1.807) is 6.07 Å². The van der Waals surface area contributed by atoms with E-state index < -0.39 is 11.6 Å². The summed E-state index contributed by atoms with van der Waals surface area (Å²) in [6.07, 6.45) is 1.19. The van der Waals surface area contributed by atoms with E-state index in [1.807, 2.05) is 39.0 Å². The molecule has 1 fully saturated rings. The van der Waals surface area contributed by atoms with Gasteiger partial charge in [-0.2, -0.15) is 0 Å². The Kier molecular flexibility index (Phi) is 4.74. The van der Waals surface area contributed by atoms with Gasteiger partial charge in [-0.25, -0.2) is 4.79 Å². The molecular weight excluding hydrogens is 282 g/mol. The van der Waals surface area contributed by atoms with E-state index in [4.69, 9.17) is 9.84 Å². The molecule has 0 amide bonds. The number of aliphatic carboxylic acids is 1. The lowest BCUT2D eigenvalue weighted by atomic mass is 9.96. The van der Waals surface area contributed by atoms with Crippen molar-refractivity contribution in [2.45, 2.75) is 39.2 Å². The molecule has 1 saturated heterocycles. The minimum Gasteiger partial charge on any atom is -0.481 e. The molecule has 2 rings (SSSR count). The van der Waals surface area contributed by atoms with Crippen LogP contribution in [0.1, 0.15) is 44.0 Å². The quantitative estimate of drug-likeness (QED) is 0.870. The number of carboxylic acid groups (broad SMARTS) is 1. The van der Waals surface area contributed by atoms with Crippen LogP contribution in [0.15, 0.2) is 24.3 Å². The van der Waals surface area contributed by atoms with Crippen LogP contribution in [0.3, 0.4) is 0 Å². The third-order valence-electron chi connectivity index (χ3n) is 3.71. The van der Waals surface area contributed by atoms with Crippen molar-refractivity contribution in [1.29, 1.82) is 0 Å². The van der Waals surface area contributed by atoms with Crippen molar-refractivity contribution < 1.29 is 19.4 Å². The maximum absolute atomic E-state index is 12.4. The summed E-state index contributed by atoms with van der Waals surface area (Å²) in [6, 6.07) is 7.34. The van der Waals surface area contributed by atoms with Gasteiger partial charge in [0.15, 0.2) is 0 Å². The van der Waals surface area contributed by atoms with Crippen molar-refractivity contribution in [2.24, 2.45) is 5.92 Å². The predicted octanol–water partition coefficient (Wildman–Crippen LogP) is 2.94. The Morgan fingerprint density at radius 1 is 1.18 bits per heavy atom. The first-order valence-electron chi connectivity index (χ1n) is 7.58. The van der Waals surface area contributed by atoms with Crippen LogP contribution < -0.4 is 4.90 Å². The normalized spacial score (nSPS) is 16.4. The summed E-state index contributed by atoms with van der Waals surface area (Å²) < 4.78 is 5.45. The standard InChI is InChI=1S/C17H23NO4/c1-17(2,3)22-16(21)13-6-4-5-7-14(13)18-10-8-12(9-11-18)15(19)20/h4-7,12H,8-11H2,1-3H3,(H,19,20). The van der Waals surface area contributed by atoms with Gasteiger partial charge in [0.2, 0.25) is 0 Å². The summed E-state index contributed by atoms with van der Waals surface area (Å²) in [7, 11) is 0. The van der Waals surface area contributed by atoms with Gasteiger partial charge in [0.1, 0.15) is 5.60 Å². The molecule has 22 heavy (non-hydrogen) atoms. The monoisotopic (exact) mass is 305 g/mol. The molecule has 1 aromatic carbocycles. The van der Waals surface area contributed by atoms with E-state index in [0.29, 0.717) is 31.5 Å². The number of ether oxygens (including phenoxy) is 1. The molecule has 5 nitrogen and oxygen atoms in total. The number of nitrogens with zero attached hydrogens (tertiary/aromatic N) is 1. The molecule has 0 spiro atoms. The van der Waals surface area contributed by atoms with Gasteiger partial charge in [0.25, 0.3) is 0 Å². The third-order valence-corrected chi connectivity index (χ3v) is 3.71. The van der Waals surface area contributed by atoms with Gasteiger partial charge in [-0.05, 0) is 45.7 Å². The minimum atomic E-state index is -0.736. The summed E-state index contributed by atoms with van der Waals surface area (Å²) in [4.78, 5) is 25.5. The van der Waals surface area contributed by atoms with E-state index in [9.17, 15) is 9.59 Å². The third kappa shape index (κ3) is 4.00. The van der Waals surface area contributed by atoms with Crippen molar-refractivity contribution >= 4 is 17.6 Å². The molecule has 0 saturated carbocycles. The van der Waals surface area contributed by atoms with Crippen molar-refractivity contribution in [1.82, 2.24) is 0 Å². The van der Waals surface area contributed by atoms with Crippen LogP contribution in [-0.2, 0) is 9.53 Å². The summed E-state index contributed by atoms with van der Waals surface area (Å²) >= 11 is 0. The number of hydrogen-bond acceptors (Lipinski definition) is 4. The highest BCUT2D eigenvalue weighted by Crippen LogP contribution is 2.28. The Morgan fingerprint density at radius 3 is 2.32 bits per heavy atom. The molecular formula is C17H23NO4. The fraction of sp³-hybridized carbons (Fsp3) is 0.529. The number of piperidine rings is 1. The average molecular weight is 305 g/mol. The largest absolute Gasteiger partial charge is 0.481 e. The first-order chi connectivity index (χ1) is 10.3. The Labute approximate surface area is 130 Å². The molecule has 1 N–H and O–H groups in total. The second-order valence-electron chi connectivity index (χ2n) is 6.62. The van der Waals surface area contributed by atoms with Crippen molar-refractivity contribution in [3.63, 3.8) is 0 Å². The number of para-hydroxylation sites is 1. The second-order valence-corrected chi connectivity index (χ2v) is 6.62. The van der Waals surface area contributed by atoms with Gasteiger partial charge >= 0.3 is 11.9 Å². The van der Waals surface area contributed by atoms with Gasteiger partial charge in [-0.1, -0.05) is 12.1 Å². The maximum atomic E-state index is 12.4. The van der Waals surface area contributed by atoms with Crippen molar-refractivity contribution in [3.8, 4) is 0 Å². The molecule has 120 valence electrons. The number of esters is 1. The lowest BCUT2D eigenvalue weighted by Gasteiger charge is -2.33. The number of carboxylic acids is 1. The summed E-state index contributed by atoms with van der Waals surface area (Å²) in [5.74, 6) is -1.37. The van der Waals surface area contributed by atoms with Crippen molar-refractivity contribution in [2.75, 3.05) is 18.0 Å². The van der Waals surface area contributed by atoms with Crippen molar-refractivity contribution in [3.05, 3.63) is 29.8 Å². The molecule has 0 bridgehead atoms. The number of anilines is 1. The Bertz CT molecular complexity index is 554. The first-order valence-corrected chi connectivity index (χ1v) is 7.58. The van der Waals surface area contributed by atoms with E-state index in [0.717, 1.165) is 5.69 Å². The summed E-state index contributed by atoms with van der Waals surface area (Å²) in [5, 5.41) is 9.07. The number of carbonyl (C=O) groups is 2. The zero-order valence-electron chi connectivity index (χ0n) is 13.3. The Balaban J connectivity index is 2.16. The molecule has 1 heterocycles. The van der Waals surface area contributed by atoms with E-state index >= 15 is 0 Å². The summed E-state index contributed by atoms with van der Waals surface area (Å²) in [6.45, 7) is 6.79. The molecule has 0 aliphatic carbocycles. The lowest BCUT2D eigenvalue weighted by Crippen LogP contribution is -2.37. The van der Waals surface area contributed by atoms with Crippen LogP contribution in [-0.4, -0.2) is 35.7 Å². The molecule has 1 aliphatic heterocycles. The number of carbonyl (C=O) groups excluding carboxylic acids is 1. The van der Waals surface area contributed by atoms with Crippen LogP contribution in [0.2, 0.25) is 0 Å². The van der Waals surface area contributed by atoms with E-state index in [1.165, 1.54) is 0 Å². The number of rotatable bonds is 3. The molecule has 5 heteroatoms. The smallest absolute Gasteiger partial charge is 0.340 e. The number of benzene rings is 1. The zero-order chi connectivity index (χ0) is 16.3. The fourth-order valence-electron chi connectivity index (χ4n) is 2.62. The predicted molar refractivity (Wildman–Crippen MR) is 84.2 cm³/mol. The topological polar surface area (TPSA) is 66.8 Å². The van der Waals surface area contributed by atoms with Gasteiger partial charge in [-0.15, -0.1) is 0 Å². The highest BCUT2D eigenvalue weighted by Gasteiger charge is 2.27. The van der Waals surface area contributed by atoms with Gasteiger partial charge in [0, 0.05) is 13.1 Å². The Morgan fingerprint density at radius 2 is 1.77 bits per heavy atom. The van der Waals surface area contributed by atoms with Crippen LogP contribution in [0.5, 0.6) is 0 Å². The van der Waals surface area contributed by atoms with Gasteiger partial charge in [-0.3, -0.25) is 4.79 Å². The first kappa shape index (κ1) is 16.3. The van der Waals surface area contributed by atoms with Crippen LogP contribution >= 0.6 is 0 Å². The van der Waals surface area contributed by atoms with Gasteiger partial charge in [0.05, 0.1) is 17.2 Å². The number of hydrogen-bond donors (Lipinski definition) is 1. The molecule has 0 atom stereocenters. The SMILES string of the molecule is CC(C)(C)OC(=O)c1ccccc1N1CCC(C(=O)O)CC1. The molecule has 0 unspecified atom stereocenters. The maximum Gasteiger partial charge on any atom is 0.340 e. The highest BCUT2D eigenvalue weighted by atomic mass is 16.6. The van der Waals surface area contributed by atoms with Gasteiger partial charge < -0.3 is 14.7 Å². The van der Waals surface area contributed by atoms with Crippen LogP contribution in [0.4, 0.5) is 5.69 Å². The van der Waals surface area contributed by atoms with E-state index in [-0.39, 0.29) is 11.9 Å². The molecule has 1 aliphatic rings. The molecule has 0 radical (unpaired) electrons. The molecule has 0 aromatic heterocycles. The highest BCUT2D eigenvalue weighted by molar-refractivity contribution is 5.96.